The molecule has 0 saturated carbocycles. The Labute approximate surface area is 99.3 Å². The van der Waals surface area contributed by atoms with Crippen LogP contribution in [-0.2, 0) is 4.79 Å². The Morgan fingerprint density at radius 3 is 2.81 bits per heavy atom. The predicted octanol–water partition coefficient (Wildman–Crippen LogP) is 2.12. The third-order valence-electron chi connectivity index (χ3n) is 2.46. The molecule has 1 saturated heterocycles. The van der Waals surface area contributed by atoms with Crippen molar-refractivity contribution in [2.45, 2.75) is 6.10 Å². The van der Waals surface area contributed by atoms with Crippen molar-refractivity contribution in [3.63, 3.8) is 0 Å². The summed E-state index contributed by atoms with van der Waals surface area (Å²) >= 11 is 5.95. The van der Waals surface area contributed by atoms with E-state index < -0.39 is 0 Å². The monoisotopic (exact) mass is 237 g/mol. The molecule has 1 aromatic carbocycles. The molecule has 0 radical (unpaired) electrons. The third-order valence-corrected chi connectivity index (χ3v) is 2.78. The second-order valence-electron chi connectivity index (χ2n) is 3.62. The van der Waals surface area contributed by atoms with E-state index in [1.54, 1.807) is 11.0 Å². The van der Waals surface area contributed by atoms with Gasteiger partial charge < -0.3 is 9.64 Å². The fourth-order valence-electron chi connectivity index (χ4n) is 1.54. The van der Waals surface area contributed by atoms with Gasteiger partial charge in [-0.05, 0) is 18.2 Å². The van der Waals surface area contributed by atoms with E-state index in [4.69, 9.17) is 16.3 Å². The van der Waals surface area contributed by atoms with Gasteiger partial charge in [0, 0.05) is 0 Å². The molecule has 0 spiro atoms. The summed E-state index contributed by atoms with van der Waals surface area (Å²) in [5.41, 5.74) is 0. The molecular formula is C12H12ClNO2. The summed E-state index contributed by atoms with van der Waals surface area (Å²) in [5, 5.41) is 0.594. The van der Waals surface area contributed by atoms with Gasteiger partial charge in [0.15, 0.2) is 0 Å². The van der Waals surface area contributed by atoms with E-state index in [1.807, 2.05) is 18.2 Å². The van der Waals surface area contributed by atoms with Crippen LogP contribution in [0.25, 0.3) is 0 Å². The molecule has 16 heavy (non-hydrogen) atoms. The van der Waals surface area contributed by atoms with Crippen molar-refractivity contribution in [1.29, 1.82) is 0 Å². The van der Waals surface area contributed by atoms with E-state index in [1.165, 1.54) is 6.08 Å². The summed E-state index contributed by atoms with van der Waals surface area (Å²) < 4.78 is 5.65. The molecule has 1 heterocycles. The van der Waals surface area contributed by atoms with Gasteiger partial charge >= 0.3 is 0 Å². The van der Waals surface area contributed by atoms with Crippen molar-refractivity contribution in [2.75, 3.05) is 13.1 Å². The summed E-state index contributed by atoms with van der Waals surface area (Å²) in [6.45, 7) is 4.62. The lowest BCUT2D eigenvalue weighted by atomic mass is 10.1. The average Bonchev–Trinajstić information content (AvgIpc) is 2.24. The zero-order chi connectivity index (χ0) is 11.5. The molecule has 0 atom stereocenters. The standard InChI is InChI=1S/C12H12ClNO2/c1-2-12(15)14-7-9(8-14)16-11-6-4-3-5-10(11)13/h2-6,9H,1,7-8H2. The van der Waals surface area contributed by atoms with E-state index >= 15 is 0 Å². The highest BCUT2D eigenvalue weighted by Gasteiger charge is 2.31. The molecule has 0 bridgehead atoms. The van der Waals surface area contributed by atoms with E-state index in [9.17, 15) is 4.79 Å². The van der Waals surface area contributed by atoms with Crippen LogP contribution in [0.2, 0.25) is 5.02 Å². The number of nitrogens with zero attached hydrogens (tertiary/aromatic N) is 1. The minimum absolute atomic E-state index is 0.0313. The lowest BCUT2D eigenvalue weighted by Crippen LogP contribution is -2.55. The summed E-state index contributed by atoms with van der Waals surface area (Å²) in [7, 11) is 0. The molecule has 84 valence electrons. The maximum Gasteiger partial charge on any atom is 0.246 e. The lowest BCUT2D eigenvalue weighted by molar-refractivity contribution is -0.134. The van der Waals surface area contributed by atoms with Crippen LogP contribution in [0.5, 0.6) is 5.75 Å². The van der Waals surface area contributed by atoms with Gasteiger partial charge in [-0.2, -0.15) is 0 Å². The van der Waals surface area contributed by atoms with Gasteiger partial charge in [0.05, 0.1) is 18.1 Å². The van der Waals surface area contributed by atoms with Crippen LogP contribution in [-0.4, -0.2) is 30.0 Å². The minimum atomic E-state index is -0.0565. The minimum Gasteiger partial charge on any atom is -0.485 e. The van der Waals surface area contributed by atoms with Gasteiger partial charge in [0.2, 0.25) is 5.91 Å². The molecule has 4 heteroatoms. The maximum atomic E-state index is 11.2. The predicted molar refractivity (Wildman–Crippen MR) is 62.6 cm³/mol. The lowest BCUT2D eigenvalue weighted by Gasteiger charge is -2.38. The molecule has 1 aliphatic heterocycles. The van der Waals surface area contributed by atoms with Crippen molar-refractivity contribution in [2.24, 2.45) is 0 Å². The number of carbonyl (C=O) groups excluding carboxylic acids is 1. The summed E-state index contributed by atoms with van der Waals surface area (Å²) in [5.74, 6) is 0.610. The molecule has 0 aliphatic carbocycles. The topological polar surface area (TPSA) is 29.5 Å². The fourth-order valence-corrected chi connectivity index (χ4v) is 1.72. The molecule has 1 aromatic rings. The first-order valence-corrected chi connectivity index (χ1v) is 5.41. The number of amides is 1. The number of ether oxygens (including phenoxy) is 1. The molecule has 0 N–H and O–H groups in total. The molecule has 1 aliphatic rings. The Kier molecular flexibility index (Phi) is 3.15. The van der Waals surface area contributed by atoms with Crippen LogP contribution < -0.4 is 4.74 Å². The second-order valence-corrected chi connectivity index (χ2v) is 4.02. The summed E-state index contributed by atoms with van der Waals surface area (Å²) in [6, 6.07) is 7.32. The normalized spacial score (nSPS) is 15.4. The molecule has 0 unspecified atom stereocenters. The number of para-hydroxylation sites is 1. The molecular weight excluding hydrogens is 226 g/mol. The van der Waals surface area contributed by atoms with Crippen LogP contribution in [0.3, 0.4) is 0 Å². The average molecular weight is 238 g/mol. The number of benzene rings is 1. The number of hydrogen-bond acceptors (Lipinski definition) is 2. The quantitative estimate of drug-likeness (QED) is 0.754. The highest BCUT2D eigenvalue weighted by atomic mass is 35.5. The Morgan fingerprint density at radius 2 is 2.19 bits per heavy atom. The van der Waals surface area contributed by atoms with Crippen molar-refractivity contribution >= 4 is 17.5 Å². The Balaban J connectivity index is 1.88. The largest absolute Gasteiger partial charge is 0.485 e. The number of carbonyl (C=O) groups is 1. The van der Waals surface area contributed by atoms with Gasteiger partial charge in [-0.15, -0.1) is 0 Å². The third kappa shape index (κ3) is 2.19. The zero-order valence-corrected chi connectivity index (χ0v) is 9.48. The van der Waals surface area contributed by atoms with E-state index in [0.717, 1.165) is 0 Å². The SMILES string of the molecule is C=CC(=O)N1CC(Oc2ccccc2Cl)C1. The van der Waals surface area contributed by atoms with Crippen LogP contribution in [0.4, 0.5) is 0 Å². The highest BCUT2D eigenvalue weighted by Crippen LogP contribution is 2.26. The van der Waals surface area contributed by atoms with Gasteiger partial charge in [-0.25, -0.2) is 0 Å². The van der Waals surface area contributed by atoms with Gasteiger partial charge in [-0.1, -0.05) is 30.3 Å². The smallest absolute Gasteiger partial charge is 0.246 e. The van der Waals surface area contributed by atoms with Gasteiger partial charge in [0.1, 0.15) is 11.9 Å². The van der Waals surface area contributed by atoms with E-state index in [-0.39, 0.29) is 12.0 Å². The second kappa shape index (κ2) is 4.58. The first-order chi connectivity index (χ1) is 7.70. The van der Waals surface area contributed by atoms with Crippen LogP contribution in [0, 0.1) is 0 Å². The molecule has 1 amide bonds. The Bertz CT molecular complexity index is 413. The van der Waals surface area contributed by atoms with Crippen molar-refractivity contribution in [1.82, 2.24) is 4.90 Å². The number of hydrogen-bond donors (Lipinski definition) is 0. The number of rotatable bonds is 3. The first kappa shape index (κ1) is 11.0. The van der Waals surface area contributed by atoms with Gasteiger partial charge in [0.25, 0.3) is 0 Å². The van der Waals surface area contributed by atoms with E-state index in [2.05, 4.69) is 6.58 Å². The van der Waals surface area contributed by atoms with Crippen molar-refractivity contribution in [3.8, 4) is 5.75 Å². The molecule has 1 fully saturated rings. The Hall–Kier alpha value is -1.48. The highest BCUT2D eigenvalue weighted by molar-refractivity contribution is 6.32. The van der Waals surface area contributed by atoms with Crippen molar-refractivity contribution in [3.05, 3.63) is 41.9 Å². The van der Waals surface area contributed by atoms with Crippen LogP contribution in [0.1, 0.15) is 0 Å². The Morgan fingerprint density at radius 1 is 1.50 bits per heavy atom. The van der Waals surface area contributed by atoms with Crippen molar-refractivity contribution < 1.29 is 9.53 Å². The molecule has 3 nitrogen and oxygen atoms in total. The number of halogens is 1. The van der Waals surface area contributed by atoms with Gasteiger partial charge in [-0.3, -0.25) is 4.79 Å². The molecule has 0 aromatic heterocycles. The molecule has 2 rings (SSSR count). The van der Waals surface area contributed by atoms with Crippen LogP contribution >= 0.6 is 11.6 Å². The van der Waals surface area contributed by atoms with E-state index in [0.29, 0.717) is 23.9 Å². The fraction of sp³-hybridized carbons (Fsp3) is 0.250. The summed E-state index contributed by atoms with van der Waals surface area (Å²) in [4.78, 5) is 12.9. The summed E-state index contributed by atoms with van der Waals surface area (Å²) in [6.07, 6.45) is 1.34. The number of likely N-dealkylation sites (tertiary alicyclic amines) is 1. The zero-order valence-electron chi connectivity index (χ0n) is 8.73. The first-order valence-electron chi connectivity index (χ1n) is 5.03. The van der Waals surface area contributed by atoms with Crippen LogP contribution in [0.15, 0.2) is 36.9 Å². The maximum absolute atomic E-state index is 11.2.